The Morgan fingerprint density at radius 3 is 2.46 bits per heavy atom. The molecule has 0 saturated carbocycles. The molecule has 1 N–H and O–H groups in total. The van der Waals surface area contributed by atoms with Crippen LogP contribution in [0.25, 0.3) is 0 Å². The fourth-order valence-electron chi connectivity index (χ4n) is 3.21. The maximum Gasteiger partial charge on any atom is 0.253 e. The van der Waals surface area contributed by atoms with Crippen molar-refractivity contribution in [2.75, 3.05) is 13.2 Å². The molecule has 24 heavy (non-hydrogen) atoms. The number of aryl methyl sites for hydroxylation is 2. The molecule has 0 bridgehead atoms. The summed E-state index contributed by atoms with van der Waals surface area (Å²) >= 11 is 0. The first-order valence-electron chi connectivity index (χ1n) is 8.11. The molecule has 4 heteroatoms. The van der Waals surface area contributed by atoms with E-state index in [1.807, 2.05) is 20.8 Å². The SMILES string of the molecule is C#CCOCC1C(=O)NC(=O)C(CC)=C1Cc1cc(C)cc(C)c1. The topological polar surface area (TPSA) is 55.4 Å². The summed E-state index contributed by atoms with van der Waals surface area (Å²) in [5.74, 6) is 1.31. The largest absolute Gasteiger partial charge is 0.368 e. The summed E-state index contributed by atoms with van der Waals surface area (Å²) < 4.78 is 5.39. The molecule has 0 aliphatic carbocycles. The molecule has 2 rings (SSSR count). The van der Waals surface area contributed by atoms with Gasteiger partial charge in [0.1, 0.15) is 6.61 Å². The Morgan fingerprint density at radius 1 is 1.21 bits per heavy atom. The lowest BCUT2D eigenvalue weighted by molar-refractivity contribution is -0.132. The average molecular weight is 325 g/mol. The maximum atomic E-state index is 12.3. The second-order valence-corrected chi connectivity index (χ2v) is 6.12. The summed E-state index contributed by atoms with van der Waals surface area (Å²) in [6.07, 6.45) is 6.34. The molecule has 0 fully saturated rings. The summed E-state index contributed by atoms with van der Waals surface area (Å²) in [7, 11) is 0. The highest BCUT2D eigenvalue weighted by Crippen LogP contribution is 2.27. The van der Waals surface area contributed by atoms with Gasteiger partial charge in [-0.15, -0.1) is 6.42 Å². The third-order valence-electron chi connectivity index (χ3n) is 4.14. The Balaban J connectivity index is 2.38. The Kier molecular flexibility index (Phi) is 5.94. The summed E-state index contributed by atoms with van der Waals surface area (Å²) in [4.78, 5) is 24.5. The molecule has 1 atom stereocenters. The molecule has 0 spiro atoms. The fourth-order valence-corrected chi connectivity index (χ4v) is 3.21. The number of carbonyl (C=O) groups is 2. The summed E-state index contributed by atoms with van der Waals surface area (Å²) in [6.45, 7) is 6.34. The lowest BCUT2D eigenvalue weighted by Crippen LogP contribution is -2.45. The number of ether oxygens (including phenoxy) is 1. The zero-order valence-electron chi connectivity index (χ0n) is 14.4. The minimum absolute atomic E-state index is 0.149. The highest BCUT2D eigenvalue weighted by Gasteiger charge is 2.33. The van der Waals surface area contributed by atoms with Crippen molar-refractivity contribution in [2.45, 2.75) is 33.6 Å². The molecule has 1 aliphatic rings. The van der Waals surface area contributed by atoms with Crippen LogP contribution in [0.2, 0.25) is 0 Å². The number of nitrogens with one attached hydrogen (secondary N) is 1. The normalized spacial score (nSPS) is 17.7. The second-order valence-electron chi connectivity index (χ2n) is 6.12. The van der Waals surface area contributed by atoms with Gasteiger partial charge in [-0.2, -0.15) is 0 Å². The fraction of sp³-hybridized carbons (Fsp3) is 0.400. The Bertz CT molecular complexity index is 705. The van der Waals surface area contributed by atoms with Gasteiger partial charge < -0.3 is 4.74 Å². The predicted molar refractivity (Wildman–Crippen MR) is 93.2 cm³/mol. The highest BCUT2D eigenvalue weighted by atomic mass is 16.5. The molecule has 0 aromatic heterocycles. The van der Waals surface area contributed by atoms with Crippen molar-refractivity contribution in [3.63, 3.8) is 0 Å². The third kappa shape index (κ3) is 4.12. The molecular weight excluding hydrogens is 302 g/mol. The number of hydrogen-bond donors (Lipinski definition) is 1. The van der Waals surface area contributed by atoms with Gasteiger partial charge in [-0.3, -0.25) is 14.9 Å². The van der Waals surface area contributed by atoms with Crippen molar-refractivity contribution >= 4 is 11.8 Å². The van der Waals surface area contributed by atoms with Gasteiger partial charge in [0.2, 0.25) is 5.91 Å². The van der Waals surface area contributed by atoms with Crippen molar-refractivity contribution in [3.8, 4) is 12.3 Å². The average Bonchev–Trinajstić information content (AvgIpc) is 2.49. The van der Waals surface area contributed by atoms with Gasteiger partial charge in [0.05, 0.1) is 12.5 Å². The van der Waals surface area contributed by atoms with Crippen LogP contribution in [0.3, 0.4) is 0 Å². The highest BCUT2D eigenvalue weighted by molar-refractivity contribution is 6.09. The maximum absolute atomic E-state index is 12.3. The molecule has 0 saturated heterocycles. The molecule has 1 aromatic carbocycles. The van der Waals surface area contributed by atoms with Crippen LogP contribution in [0, 0.1) is 32.1 Å². The number of carbonyl (C=O) groups excluding carboxylic acids is 2. The number of rotatable bonds is 6. The first-order chi connectivity index (χ1) is 11.5. The van der Waals surface area contributed by atoms with Crippen LogP contribution in [0.4, 0.5) is 0 Å². The van der Waals surface area contributed by atoms with Gasteiger partial charge in [-0.25, -0.2) is 0 Å². The van der Waals surface area contributed by atoms with Gasteiger partial charge in [0.25, 0.3) is 5.91 Å². The molecule has 0 radical (unpaired) electrons. The zero-order valence-corrected chi connectivity index (χ0v) is 14.4. The van der Waals surface area contributed by atoms with Gasteiger partial charge in [0.15, 0.2) is 0 Å². The van der Waals surface area contributed by atoms with E-state index in [1.54, 1.807) is 0 Å². The molecule has 1 unspecified atom stereocenters. The van der Waals surface area contributed by atoms with E-state index < -0.39 is 5.92 Å². The number of hydrogen-bond acceptors (Lipinski definition) is 3. The van der Waals surface area contributed by atoms with Crippen LogP contribution < -0.4 is 5.32 Å². The first kappa shape index (κ1) is 18.0. The second kappa shape index (κ2) is 7.94. The number of benzene rings is 1. The van der Waals surface area contributed by atoms with Crippen LogP contribution in [0.1, 0.15) is 30.0 Å². The summed E-state index contributed by atoms with van der Waals surface area (Å²) in [5.41, 5.74) is 4.93. The van der Waals surface area contributed by atoms with E-state index >= 15 is 0 Å². The summed E-state index contributed by atoms with van der Waals surface area (Å²) in [6, 6.07) is 6.28. The van der Waals surface area contributed by atoms with E-state index in [-0.39, 0.29) is 25.0 Å². The van der Waals surface area contributed by atoms with E-state index in [4.69, 9.17) is 11.2 Å². The quantitative estimate of drug-likeness (QED) is 0.497. The molecule has 126 valence electrons. The molecule has 2 amide bonds. The molecule has 1 aromatic rings. The minimum atomic E-state index is -0.480. The zero-order chi connectivity index (χ0) is 17.7. The van der Waals surface area contributed by atoms with Gasteiger partial charge in [0, 0.05) is 5.57 Å². The van der Waals surface area contributed by atoms with Gasteiger partial charge >= 0.3 is 0 Å². The van der Waals surface area contributed by atoms with E-state index in [1.165, 1.54) is 0 Å². The number of amides is 2. The lowest BCUT2D eigenvalue weighted by atomic mass is 9.84. The van der Waals surface area contributed by atoms with E-state index in [0.717, 1.165) is 22.3 Å². The van der Waals surface area contributed by atoms with Crippen LogP contribution in [-0.2, 0) is 20.7 Å². The molecule has 4 nitrogen and oxygen atoms in total. The van der Waals surface area contributed by atoms with Crippen LogP contribution >= 0.6 is 0 Å². The summed E-state index contributed by atoms with van der Waals surface area (Å²) in [5, 5.41) is 2.43. The minimum Gasteiger partial charge on any atom is -0.368 e. The van der Waals surface area contributed by atoms with Gasteiger partial charge in [-0.05, 0) is 37.8 Å². The van der Waals surface area contributed by atoms with Crippen molar-refractivity contribution in [1.29, 1.82) is 0 Å². The van der Waals surface area contributed by atoms with E-state index in [9.17, 15) is 9.59 Å². The van der Waals surface area contributed by atoms with Crippen LogP contribution in [-0.4, -0.2) is 25.0 Å². The Hall–Kier alpha value is -2.38. The van der Waals surface area contributed by atoms with Crippen LogP contribution in [0.15, 0.2) is 29.3 Å². The van der Waals surface area contributed by atoms with Crippen molar-refractivity contribution in [2.24, 2.45) is 5.92 Å². The van der Waals surface area contributed by atoms with E-state index in [2.05, 4.69) is 29.4 Å². The van der Waals surface area contributed by atoms with Crippen molar-refractivity contribution in [1.82, 2.24) is 5.32 Å². The molecule has 1 aliphatic heterocycles. The Labute approximate surface area is 143 Å². The van der Waals surface area contributed by atoms with Crippen LogP contribution in [0.5, 0.6) is 0 Å². The van der Waals surface area contributed by atoms with Gasteiger partial charge in [-0.1, -0.05) is 42.2 Å². The Morgan fingerprint density at radius 2 is 1.88 bits per heavy atom. The predicted octanol–water partition coefficient (Wildman–Crippen LogP) is 2.47. The molecular formula is C20H23NO3. The third-order valence-corrected chi connectivity index (χ3v) is 4.14. The lowest BCUT2D eigenvalue weighted by Gasteiger charge is -2.27. The standard InChI is InChI=1S/C20H23NO3/c1-5-7-24-12-18-17(16(6-2)19(22)21-20(18)23)11-15-9-13(3)8-14(4)10-15/h1,8-10,18H,6-7,11-12H2,2-4H3,(H,21,22,23). The van der Waals surface area contributed by atoms with E-state index in [0.29, 0.717) is 18.4 Å². The monoisotopic (exact) mass is 325 g/mol. The van der Waals surface area contributed by atoms with Crippen molar-refractivity contribution < 1.29 is 14.3 Å². The molecule has 1 heterocycles. The first-order valence-corrected chi connectivity index (χ1v) is 8.11. The number of imide groups is 1. The number of terminal acetylenes is 1. The smallest absolute Gasteiger partial charge is 0.253 e. The van der Waals surface area contributed by atoms with Crippen molar-refractivity contribution in [3.05, 3.63) is 46.0 Å².